The third-order valence-electron chi connectivity index (χ3n) is 7.47. The van der Waals surface area contributed by atoms with Crippen molar-refractivity contribution in [2.75, 3.05) is 33.9 Å². The molecule has 4 rings (SSSR count). The topological polar surface area (TPSA) is 97.3 Å². The number of carbonyl (C=O) groups excluding carboxylic acids is 2. The van der Waals surface area contributed by atoms with Gasteiger partial charge in [0.15, 0.2) is 11.5 Å². The Hall–Kier alpha value is -3.98. The van der Waals surface area contributed by atoms with Crippen LogP contribution in [0.3, 0.4) is 0 Å². The SMILES string of the molecule is C=CCCCCOc1cc(C(=O)OC)ccc1[C@@H]1CNCC[C@H]1Oc1c(OC)cc(C)c2c1ccn2C(=O)OC(C)(C)C. The third kappa shape index (κ3) is 7.51. The Bertz CT molecular complexity index is 1450. The van der Waals surface area contributed by atoms with Gasteiger partial charge in [0, 0.05) is 29.6 Å². The first-order valence-corrected chi connectivity index (χ1v) is 14.8. The van der Waals surface area contributed by atoms with Crippen LogP contribution in [-0.4, -0.2) is 62.3 Å². The Kier molecular flexibility index (Phi) is 10.4. The minimum absolute atomic E-state index is 0.0855. The maximum atomic E-state index is 13.1. The number of rotatable bonds is 11. The van der Waals surface area contributed by atoms with Crippen LogP contribution in [0.1, 0.15) is 73.9 Å². The summed E-state index contributed by atoms with van der Waals surface area (Å²) in [6.07, 6.45) is 6.40. The normalized spacial score (nSPS) is 16.9. The lowest BCUT2D eigenvalue weighted by molar-refractivity contribution is 0.0542. The molecule has 2 heterocycles. The van der Waals surface area contributed by atoms with E-state index in [1.165, 1.54) is 11.7 Å². The highest BCUT2D eigenvalue weighted by molar-refractivity contribution is 5.97. The third-order valence-corrected chi connectivity index (χ3v) is 7.47. The molecule has 1 aliphatic rings. The Balaban J connectivity index is 1.71. The van der Waals surface area contributed by atoms with Crippen LogP contribution < -0.4 is 19.5 Å². The molecule has 1 aromatic heterocycles. The molecule has 0 bridgehead atoms. The average molecular weight is 593 g/mol. The number of methoxy groups -OCH3 is 2. The van der Waals surface area contributed by atoms with Crippen LogP contribution in [0.25, 0.3) is 10.9 Å². The number of carbonyl (C=O) groups is 2. The van der Waals surface area contributed by atoms with E-state index in [9.17, 15) is 9.59 Å². The minimum atomic E-state index is -0.634. The molecule has 232 valence electrons. The molecule has 0 unspecified atom stereocenters. The van der Waals surface area contributed by atoms with E-state index in [1.54, 1.807) is 25.4 Å². The number of allylic oxidation sites excluding steroid dienone is 1. The number of ether oxygens (including phenoxy) is 5. The maximum absolute atomic E-state index is 13.1. The molecule has 0 aliphatic carbocycles. The van der Waals surface area contributed by atoms with Gasteiger partial charge in [0.05, 0.1) is 31.9 Å². The number of unbranched alkanes of at least 4 members (excludes halogenated alkanes) is 2. The molecular formula is C34H44N2O7. The van der Waals surface area contributed by atoms with E-state index in [1.807, 2.05) is 52.0 Å². The molecule has 2 aromatic carbocycles. The molecule has 0 radical (unpaired) electrons. The zero-order valence-electron chi connectivity index (χ0n) is 26.2. The smallest absolute Gasteiger partial charge is 0.419 e. The summed E-state index contributed by atoms with van der Waals surface area (Å²) in [5.74, 6) is 1.29. The minimum Gasteiger partial charge on any atom is -0.493 e. The standard InChI is InChI=1S/C34H44N2O7/c1-8-9-10-11-18-41-28-20-23(32(37)40-7)12-13-24(28)26-21-35-16-14-27(26)42-31-25-15-17-36(33(38)43-34(3,4)5)30(25)22(2)19-29(31)39-6/h8,12-13,15,17,19-20,26-27,35H,1,9-11,14,16,18,21H2,2-7H3/t26-,27+/m0/s1. The molecule has 2 atom stereocenters. The van der Waals surface area contributed by atoms with E-state index in [0.717, 1.165) is 48.7 Å². The van der Waals surface area contributed by atoms with Crippen molar-refractivity contribution < 1.29 is 33.3 Å². The fourth-order valence-corrected chi connectivity index (χ4v) is 5.44. The fraction of sp³-hybridized carbons (Fsp3) is 0.471. The van der Waals surface area contributed by atoms with Gasteiger partial charge in [0.2, 0.25) is 0 Å². The number of hydrogen-bond donors (Lipinski definition) is 1. The second-order valence-corrected chi connectivity index (χ2v) is 11.8. The van der Waals surface area contributed by atoms with E-state index in [4.69, 9.17) is 23.7 Å². The monoisotopic (exact) mass is 592 g/mol. The molecule has 43 heavy (non-hydrogen) atoms. The van der Waals surface area contributed by atoms with Crippen LogP contribution in [0.4, 0.5) is 4.79 Å². The molecule has 1 fully saturated rings. The highest BCUT2D eigenvalue weighted by Crippen LogP contribution is 2.42. The first-order chi connectivity index (χ1) is 20.6. The molecule has 9 heteroatoms. The van der Waals surface area contributed by atoms with Gasteiger partial charge < -0.3 is 29.0 Å². The van der Waals surface area contributed by atoms with Crippen LogP contribution in [0.15, 0.2) is 49.2 Å². The lowest BCUT2D eigenvalue weighted by Crippen LogP contribution is -2.41. The summed E-state index contributed by atoms with van der Waals surface area (Å²) in [5, 5.41) is 4.25. The predicted molar refractivity (Wildman–Crippen MR) is 167 cm³/mol. The van der Waals surface area contributed by atoms with Gasteiger partial charge in [-0.3, -0.25) is 4.57 Å². The van der Waals surface area contributed by atoms with Crippen molar-refractivity contribution in [3.63, 3.8) is 0 Å². The first-order valence-electron chi connectivity index (χ1n) is 14.8. The second-order valence-electron chi connectivity index (χ2n) is 11.8. The number of hydrogen-bond acceptors (Lipinski definition) is 8. The maximum Gasteiger partial charge on any atom is 0.419 e. The largest absolute Gasteiger partial charge is 0.493 e. The second kappa shape index (κ2) is 14.0. The van der Waals surface area contributed by atoms with Crippen LogP contribution >= 0.6 is 0 Å². The van der Waals surface area contributed by atoms with E-state index >= 15 is 0 Å². The molecule has 9 nitrogen and oxygen atoms in total. The van der Waals surface area contributed by atoms with Gasteiger partial charge in [0.1, 0.15) is 17.5 Å². The number of esters is 1. The highest BCUT2D eigenvalue weighted by atomic mass is 16.6. The average Bonchev–Trinajstić information content (AvgIpc) is 3.44. The van der Waals surface area contributed by atoms with Crippen LogP contribution in [0, 0.1) is 6.92 Å². The Morgan fingerprint density at radius 1 is 1.12 bits per heavy atom. The predicted octanol–water partition coefficient (Wildman–Crippen LogP) is 6.79. The molecule has 1 aliphatic heterocycles. The number of nitrogens with one attached hydrogen (secondary N) is 1. The lowest BCUT2D eigenvalue weighted by atomic mass is 9.87. The van der Waals surface area contributed by atoms with E-state index in [-0.39, 0.29) is 12.0 Å². The highest BCUT2D eigenvalue weighted by Gasteiger charge is 2.33. The number of aromatic nitrogens is 1. The first kappa shape index (κ1) is 31.9. The number of fused-ring (bicyclic) bond motifs is 1. The number of benzene rings is 2. The summed E-state index contributed by atoms with van der Waals surface area (Å²) in [6.45, 7) is 13.2. The molecule has 0 spiro atoms. The number of nitrogens with zero attached hydrogens (tertiary/aromatic N) is 1. The molecule has 1 N–H and O–H groups in total. The van der Waals surface area contributed by atoms with Gasteiger partial charge in [-0.1, -0.05) is 12.1 Å². The van der Waals surface area contributed by atoms with E-state index in [0.29, 0.717) is 41.5 Å². The van der Waals surface area contributed by atoms with Gasteiger partial charge in [-0.25, -0.2) is 9.59 Å². The van der Waals surface area contributed by atoms with Crippen molar-refractivity contribution in [1.29, 1.82) is 0 Å². The fourth-order valence-electron chi connectivity index (χ4n) is 5.44. The lowest BCUT2D eigenvalue weighted by Gasteiger charge is -2.34. The van der Waals surface area contributed by atoms with E-state index < -0.39 is 17.7 Å². The van der Waals surface area contributed by atoms with Gasteiger partial charge >= 0.3 is 12.1 Å². The number of piperidine rings is 1. The molecular weight excluding hydrogens is 548 g/mol. The summed E-state index contributed by atoms with van der Waals surface area (Å²) >= 11 is 0. The summed E-state index contributed by atoms with van der Waals surface area (Å²) in [7, 11) is 2.98. The van der Waals surface area contributed by atoms with Gasteiger partial charge in [-0.15, -0.1) is 6.58 Å². The Labute approximate surface area is 254 Å². The number of aryl methyl sites for hydroxylation is 1. The van der Waals surface area contributed by atoms with Crippen molar-refractivity contribution in [3.05, 3.63) is 65.9 Å². The van der Waals surface area contributed by atoms with Crippen molar-refractivity contribution in [3.8, 4) is 17.2 Å². The molecule has 3 aromatic rings. The van der Waals surface area contributed by atoms with Crippen molar-refractivity contribution in [2.45, 2.75) is 71.0 Å². The summed E-state index contributed by atoms with van der Waals surface area (Å²) < 4.78 is 31.0. The quantitative estimate of drug-likeness (QED) is 0.148. The van der Waals surface area contributed by atoms with Crippen molar-refractivity contribution in [1.82, 2.24) is 9.88 Å². The van der Waals surface area contributed by atoms with Gasteiger partial charge in [0.25, 0.3) is 0 Å². The summed E-state index contributed by atoms with van der Waals surface area (Å²) in [4.78, 5) is 25.4. The van der Waals surface area contributed by atoms with E-state index in [2.05, 4.69) is 11.9 Å². The van der Waals surface area contributed by atoms with Crippen molar-refractivity contribution >= 4 is 23.0 Å². The zero-order chi connectivity index (χ0) is 31.1. The van der Waals surface area contributed by atoms with Gasteiger partial charge in [-0.05, 0) is 89.8 Å². The summed E-state index contributed by atoms with van der Waals surface area (Å²) in [5.41, 5.74) is 2.31. The Morgan fingerprint density at radius 3 is 2.60 bits per heavy atom. The summed E-state index contributed by atoms with van der Waals surface area (Å²) in [6, 6.07) is 9.20. The van der Waals surface area contributed by atoms with Crippen LogP contribution in [-0.2, 0) is 9.47 Å². The molecule has 1 saturated heterocycles. The zero-order valence-corrected chi connectivity index (χ0v) is 26.2. The Morgan fingerprint density at radius 2 is 1.91 bits per heavy atom. The molecule has 0 saturated carbocycles. The van der Waals surface area contributed by atoms with Crippen LogP contribution in [0.5, 0.6) is 17.2 Å². The van der Waals surface area contributed by atoms with Crippen LogP contribution in [0.2, 0.25) is 0 Å². The van der Waals surface area contributed by atoms with Crippen molar-refractivity contribution in [2.24, 2.45) is 0 Å². The molecule has 0 amide bonds. The van der Waals surface area contributed by atoms with Gasteiger partial charge in [-0.2, -0.15) is 0 Å².